The summed E-state index contributed by atoms with van der Waals surface area (Å²) in [6.45, 7) is 27.3. The Kier molecular flexibility index (Phi) is 9.93. The van der Waals surface area contributed by atoms with Crippen LogP contribution in [-0.2, 0) is 27.1 Å². The molecule has 0 saturated heterocycles. The third kappa shape index (κ3) is 6.48. The summed E-state index contributed by atoms with van der Waals surface area (Å²) < 4.78 is 6.73. The summed E-state index contributed by atoms with van der Waals surface area (Å²) in [4.78, 5) is 8.20. The number of benzene rings is 8. The quantitative estimate of drug-likeness (QED) is 0.160. The van der Waals surface area contributed by atoms with Crippen LogP contribution in [0.5, 0.6) is 0 Å². The number of para-hydroxylation sites is 2. The van der Waals surface area contributed by atoms with E-state index >= 15 is 0 Å². The SMILES string of the molecule is Cc1cc2c3c(c1)N1c4c(cccc4C4(C)CCCCC14C)B3c1ccc(N(c3ccc4c(c3)C(C)(C)CCC4(C)C)c3cccc4oc5ccccc5c34)cc1N2c1cc2c(cc1-c1ccccc1)C(C)(C)CCC2(C)C. The highest BCUT2D eigenvalue weighted by molar-refractivity contribution is 7.00. The van der Waals surface area contributed by atoms with Crippen LogP contribution in [0.2, 0.25) is 0 Å². The first-order chi connectivity index (χ1) is 37.3. The predicted molar refractivity (Wildman–Crippen MR) is 331 cm³/mol. The Balaban J connectivity index is 1.06. The lowest BCUT2D eigenvalue weighted by atomic mass is 9.33. The molecule has 2 atom stereocenters. The van der Waals surface area contributed by atoms with E-state index in [2.05, 4.69) is 243 Å². The minimum absolute atomic E-state index is 0.00752. The van der Waals surface area contributed by atoms with Crippen molar-refractivity contribution in [1.82, 2.24) is 0 Å². The molecule has 0 radical (unpaired) electrons. The monoisotopic (exact) mass is 1020 g/mol. The van der Waals surface area contributed by atoms with Crippen molar-refractivity contribution in [2.45, 2.75) is 160 Å². The van der Waals surface area contributed by atoms with E-state index in [4.69, 9.17) is 4.42 Å². The zero-order chi connectivity index (χ0) is 53.6. The molecule has 6 aliphatic rings. The number of fused-ring (bicyclic) bond motifs is 12. The smallest absolute Gasteiger partial charge is 0.252 e. The van der Waals surface area contributed by atoms with Gasteiger partial charge in [-0.2, -0.15) is 0 Å². The first-order valence-corrected chi connectivity index (χ1v) is 29.4. The summed E-state index contributed by atoms with van der Waals surface area (Å²) in [5.74, 6) is 0. The summed E-state index contributed by atoms with van der Waals surface area (Å²) >= 11 is 0. The summed E-state index contributed by atoms with van der Waals surface area (Å²) in [7, 11) is 0. The van der Waals surface area contributed by atoms with Crippen molar-refractivity contribution in [3.05, 3.63) is 185 Å². The van der Waals surface area contributed by atoms with Crippen LogP contribution in [0.3, 0.4) is 0 Å². The van der Waals surface area contributed by atoms with Crippen molar-refractivity contribution in [3.8, 4) is 11.1 Å². The van der Waals surface area contributed by atoms with Gasteiger partial charge in [-0.25, -0.2) is 0 Å². The number of aryl methyl sites for hydroxylation is 1. The fourth-order valence-corrected chi connectivity index (χ4v) is 16.5. The van der Waals surface area contributed by atoms with E-state index < -0.39 is 0 Å². The zero-order valence-corrected chi connectivity index (χ0v) is 47.9. The molecule has 0 bridgehead atoms. The van der Waals surface area contributed by atoms with Gasteiger partial charge in [0.15, 0.2) is 0 Å². The first kappa shape index (κ1) is 48.2. The molecule has 1 saturated carbocycles. The normalized spacial score (nSPS) is 22.3. The van der Waals surface area contributed by atoms with E-state index in [0.717, 1.165) is 52.6 Å². The fourth-order valence-electron chi connectivity index (χ4n) is 16.5. The highest BCUT2D eigenvalue weighted by Gasteiger charge is 2.61. The number of anilines is 8. The van der Waals surface area contributed by atoms with Crippen LogP contribution in [-0.4, -0.2) is 12.3 Å². The second-order valence-electron chi connectivity index (χ2n) is 27.8. The molecule has 3 aliphatic heterocycles. The zero-order valence-electron chi connectivity index (χ0n) is 47.9. The molecule has 0 spiro atoms. The third-order valence-corrected chi connectivity index (χ3v) is 21.4. The lowest BCUT2D eigenvalue weighted by Crippen LogP contribution is -2.64. The van der Waals surface area contributed by atoms with Crippen molar-refractivity contribution < 1.29 is 4.42 Å². The molecule has 8 aromatic carbocycles. The molecule has 4 nitrogen and oxygen atoms in total. The Labute approximate surface area is 463 Å². The summed E-state index contributed by atoms with van der Waals surface area (Å²) in [6, 6.07) is 59.3. The average Bonchev–Trinajstić information content (AvgIpc) is 2.52. The van der Waals surface area contributed by atoms with Crippen molar-refractivity contribution in [2.24, 2.45) is 0 Å². The van der Waals surface area contributed by atoms with Crippen LogP contribution in [0.15, 0.2) is 156 Å². The summed E-state index contributed by atoms with van der Waals surface area (Å²) in [5, 5.41) is 2.26. The molecule has 4 heterocycles. The molecule has 0 amide bonds. The molecule has 78 heavy (non-hydrogen) atoms. The van der Waals surface area contributed by atoms with Gasteiger partial charge in [0, 0.05) is 50.5 Å². The molecule has 2 unspecified atom stereocenters. The maximum Gasteiger partial charge on any atom is 0.252 e. The second kappa shape index (κ2) is 16.1. The Morgan fingerprint density at radius 3 is 1.87 bits per heavy atom. The van der Waals surface area contributed by atoms with Crippen molar-refractivity contribution in [1.29, 1.82) is 0 Å². The second-order valence-corrected chi connectivity index (χ2v) is 27.8. The van der Waals surface area contributed by atoms with E-state index in [1.165, 1.54) is 127 Å². The van der Waals surface area contributed by atoms with Gasteiger partial charge < -0.3 is 19.1 Å². The Morgan fingerprint density at radius 2 is 1.10 bits per heavy atom. The number of nitrogens with zero attached hydrogens (tertiary/aromatic N) is 3. The standard InChI is InChI=1S/C73H74BN3O/c1-45-39-61-66-62(40-45)77-67-52(72(10)33-17-18-34-73(72,77)11)24-19-25-57(67)74(66)56-32-30-48(42-60(56)76(61)59-44-55-54(70(6,7)37-38-71(55,8)9)43-50(59)46-21-13-12-14-22-46)75(47-29-31-51-53(41-47)69(4,5)36-35-68(51,2)3)58-26-20-28-64-65(58)49-23-15-16-27-63(49)78-64/h12-16,19-32,39-44H,17-18,33-38H2,1-11H3. The van der Waals surface area contributed by atoms with Gasteiger partial charge in [-0.05, 0) is 196 Å². The fraction of sp³-hybridized carbons (Fsp3) is 0.342. The van der Waals surface area contributed by atoms with Gasteiger partial charge in [0.2, 0.25) is 0 Å². The molecule has 390 valence electrons. The van der Waals surface area contributed by atoms with Crippen LogP contribution >= 0.6 is 0 Å². The minimum Gasteiger partial charge on any atom is -0.456 e. The number of hydrogen-bond donors (Lipinski definition) is 0. The molecule has 9 aromatic rings. The van der Waals surface area contributed by atoms with Gasteiger partial charge in [-0.3, -0.25) is 0 Å². The number of rotatable bonds is 5. The molecule has 3 aliphatic carbocycles. The first-order valence-electron chi connectivity index (χ1n) is 29.4. The van der Waals surface area contributed by atoms with Gasteiger partial charge in [0.05, 0.1) is 22.3 Å². The van der Waals surface area contributed by atoms with Gasteiger partial charge >= 0.3 is 0 Å². The molecule has 0 N–H and O–H groups in total. The molecular weight excluding hydrogens is 946 g/mol. The van der Waals surface area contributed by atoms with Gasteiger partial charge in [0.1, 0.15) is 11.2 Å². The van der Waals surface area contributed by atoms with Crippen molar-refractivity contribution in [2.75, 3.05) is 14.7 Å². The Hall–Kier alpha value is -6.98. The van der Waals surface area contributed by atoms with E-state index in [1.807, 2.05) is 0 Å². The summed E-state index contributed by atoms with van der Waals surface area (Å²) in [6.07, 6.45) is 9.51. The van der Waals surface area contributed by atoms with E-state index in [9.17, 15) is 0 Å². The van der Waals surface area contributed by atoms with Crippen molar-refractivity contribution in [3.63, 3.8) is 0 Å². The van der Waals surface area contributed by atoms with Gasteiger partial charge in [-0.15, -0.1) is 0 Å². The highest BCUT2D eigenvalue weighted by atomic mass is 16.3. The summed E-state index contributed by atoms with van der Waals surface area (Å²) in [5.41, 5.74) is 27.4. The minimum atomic E-state index is -0.0563. The van der Waals surface area contributed by atoms with Crippen LogP contribution < -0.4 is 31.1 Å². The Bertz CT molecular complexity index is 4030. The number of hydrogen-bond acceptors (Lipinski definition) is 4. The lowest BCUT2D eigenvalue weighted by molar-refractivity contribution is 0.195. The molecule has 1 fully saturated rings. The largest absolute Gasteiger partial charge is 0.456 e. The molecular formula is C73H74BN3O. The van der Waals surface area contributed by atoms with Crippen LogP contribution in [0.1, 0.15) is 154 Å². The van der Waals surface area contributed by atoms with E-state index in [-0.39, 0.29) is 39.3 Å². The third-order valence-electron chi connectivity index (χ3n) is 21.4. The van der Waals surface area contributed by atoms with E-state index in [1.54, 1.807) is 0 Å². The van der Waals surface area contributed by atoms with E-state index in [0.29, 0.717) is 0 Å². The lowest BCUT2D eigenvalue weighted by Gasteiger charge is -2.53. The average molecular weight is 1020 g/mol. The van der Waals surface area contributed by atoms with Crippen LogP contribution in [0.4, 0.5) is 45.5 Å². The van der Waals surface area contributed by atoms with Gasteiger partial charge in [0.25, 0.3) is 6.71 Å². The highest BCUT2D eigenvalue weighted by Crippen LogP contribution is 2.63. The maximum atomic E-state index is 6.73. The Morgan fingerprint density at radius 1 is 0.474 bits per heavy atom. The topological polar surface area (TPSA) is 22.9 Å². The predicted octanol–water partition coefficient (Wildman–Crippen LogP) is 18.1. The molecule has 15 rings (SSSR count). The maximum absolute atomic E-state index is 6.73. The van der Waals surface area contributed by atoms with Crippen molar-refractivity contribution >= 4 is 90.5 Å². The van der Waals surface area contributed by atoms with Crippen LogP contribution in [0, 0.1) is 6.92 Å². The number of furan rings is 1. The molecule has 1 aromatic heterocycles. The van der Waals surface area contributed by atoms with Gasteiger partial charge in [-0.1, -0.05) is 160 Å². The van der Waals surface area contributed by atoms with Crippen LogP contribution in [0.25, 0.3) is 33.1 Å². The molecule has 5 heteroatoms.